The van der Waals surface area contributed by atoms with Crippen molar-refractivity contribution >= 4 is 0 Å². The Hall–Kier alpha value is -0.160. The van der Waals surface area contributed by atoms with Gasteiger partial charge in [0.2, 0.25) is 0 Å². The zero-order valence-corrected chi connectivity index (χ0v) is 9.29. The third-order valence-electron chi connectivity index (χ3n) is 1.96. The molecule has 1 atom stereocenters. The number of aliphatic hydroxyl groups is 1. The van der Waals surface area contributed by atoms with Gasteiger partial charge in [0.15, 0.2) is 0 Å². The highest BCUT2D eigenvalue weighted by Gasteiger charge is 2.02. The van der Waals surface area contributed by atoms with Crippen molar-refractivity contribution in [3.05, 3.63) is 0 Å². The smallest absolute Gasteiger partial charge is 0.0701 e. The predicted molar refractivity (Wildman–Crippen MR) is 56.5 cm³/mol. The van der Waals surface area contributed by atoms with E-state index in [1.807, 2.05) is 7.05 Å². The Morgan fingerprint density at radius 2 is 1.93 bits per heavy atom. The summed E-state index contributed by atoms with van der Waals surface area (Å²) in [6, 6.07) is 0.0330. The molecule has 0 aliphatic heterocycles. The molecule has 0 aromatic heterocycles. The largest absolute Gasteiger partial charge is 0.395 e. The van der Waals surface area contributed by atoms with Crippen molar-refractivity contribution in [1.82, 2.24) is 5.32 Å². The summed E-state index contributed by atoms with van der Waals surface area (Å²) in [5.41, 5.74) is 0. The van der Waals surface area contributed by atoms with Crippen molar-refractivity contribution in [3.8, 4) is 0 Å². The molecule has 14 heavy (non-hydrogen) atoms. The molecule has 0 saturated carbocycles. The Morgan fingerprint density at radius 3 is 2.50 bits per heavy atom. The SMILES string of the molecule is CCCCOCCOCC(CO)NC. The summed E-state index contributed by atoms with van der Waals surface area (Å²) in [6.07, 6.45) is 2.27. The number of unbranched alkanes of at least 4 members (excludes halogenated alkanes) is 1. The van der Waals surface area contributed by atoms with E-state index in [1.165, 1.54) is 0 Å². The minimum atomic E-state index is 0.0330. The van der Waals surface area contributed by atoms with Gasteiger partial charge in [-0.15, -0.1) is 0 Å². The molecular weight excluding hydrogens is 182 g/mol. The first-order valence-corrected chi connectivity index (χ1v) is 5.28. The van der Waals surface area contributed by atoms with Crippen LogP contribution in [0.15, 0.2) is 0 Å². The van der Waals surface area contributed by atoms with E-state index in [0.717, 1.165) is 19.4 Å². The fraction of sp³-hybridized carbons (Fsp3) is 1.00. The summed E-state index contributed by atoms with van der Waals surface area (Å²) < 4.78 is 10.6. The summed E-state index contributed by atoms with van der Waals surface area (Å²) in [5.74, 6) is 0. The molecule has 0 amide bonds. The molecule has 0 aromatic rings. The molecule has 0 aliphatic carbocycles. The second-order valence-electron chi connectivity index (χ2n) is 3.21. The second-order valence-corrected chi connectivity index (χ2v) is 3.21. The highest BCUT2D eigenvalue weighted by molar-refractivity contribution is 4.59. The fourth-order valence-electron chi connectivity index (χ4n) is 0.919. The summed E-state index contributed by atoms with van der Waals surface area (Å²) >= 11 is 0. The first kappa shape index (κ1) is 13.8. The quantitative estimate of drug-likeness (QED) is 0.507. The molecule has 1 unspecified atom stereocenters. The third kappa shape index (κ3) is 8.44. The normalized spacial score (nSPS) is 13.1. The summed E-state index contributed by atoms with van der Waals surface area (Å²) in [5, 5.41) is 11.8. The lowest BCUT2D eigenvalue weighted by Gasteiger charge is -2.13. The van der Waals surface area contributed by atoms with Crippen LogP contribution < -0.4 is 5.32 Å². The van der Waals surface area contributed by atoms with Crippen LogP contribution in [0, 0.1) is 0 Å². The van der Waals surface area contributed by atoms with Crippen LogP contribution in [0.4, 0.5) is 0 Å². The van der Waals surface area contributed by atoms with E-state index in [1.54, 1.807) is 0 Å². The minimum absolute atomic E-state index is 0.0330. The number of hydrogen-bond acceptors (Lipinski definition) is 4. The summed E-state index contributed by atoms with van der Waals surface area (Å²) in [4.78, 5) is 0. The van der Waals surface area contributed by atoms with Gasteiger partial charge in [-0.3, -0.25) is 0 Å². The molecule has 0 spiro atoms. The van der Waals surface area contributed by atoms with Crippen LogP contribution >= 0.6 is 0 Å². The summed E-state index contributed by atoms with van der Waals surface area (Å²) in [6.45, 7) is 4.83. The van der Waals surface area contributed by atoms with E-state index >= 15 is 0 Å². The monoisotopic (exact) mass is 205 g/mol. The van der Waals surface area contributed by atoms with Gasteiger partial charge in [0, 0.05) is 6.61 Å². The third-order valence-corrected chi connectivity index (χ3v) is 1.96. The first-order chi connectivity index (χ1) is 6.85. The van der Waals surface area contributed by atoms with Gasteiger partial charge >= 0.3 is 0 Å². The van der Waals surface area contributed by atoms with Gasteiger partial charge in [-0.2, -0.15) is 0 Å². The molecule has 4 nitrogen and oxygen atoms in total. The van der Waals surface area contributed by atoms with Crippen molar-refractivity contribution in [2.24, 2.45) is 0 Å². The Kier molecular flexibility index (Phi) is 10.8. The molecule has 4 heteroatoms. The molecule has 0 saturated heterocycles. The lowest BCUT2D eigenvalue weighted by atomic mass is 10.3. The highest BCUT2D eigenvalue weighted by Crippen LogP contribution is 1.88. The zero-order valence-electron chi connectivity index (χ0n) is 9.29. The van der Waals surface area contributed by atoms with Crippen LogP contribution in [-0.4, -0.2) is 51.2 Å². The minimum Gasteiger partial charge on any atom is -0.395 e. The van der Waals surface area contributed by atoms with Crippen LogP contribution in [0.2, 0.25) is 0 Å². The van der Waals surface area contributed by atoms with Gasteiger partial charge in [0.1, 0.15) is 0 Å². The predicted octanol–water partition coefficient (Wildman–Crippen LogP) is 0.400. The standard InChI is InChI=1S/C10H23NO3/c1-3-4-5-13-6-7-14-9-10(8-12)11-2/h10-12H,3-9H2,1-2H3. The van der Waals surface area contributed by atoms with E-state index in [2.05, 4.69) is 12.2 Å². The van der Waals surface area contributed by atoms with E-state index in [4.69, 9.17) is 14.6 Å². The Balaban J connectivity index is 3.04. The Morgan fingerprint density at radius 1 is 1.21 bits per heavy atom. The van der Waals surface area contributed by atoms with Crippen LogP contribution in [-0.2, 0) is 9.47 Å². The van der Waals surface area contributed by atoms with Crippen LogP contribution in [0.3, 0.4) is 0 Å². The van der Waals surface area contributed by atoms with Crippen LogP contribution in [0.25, 0.3) is 0 Å². The van der Waals surface area contributed by atoms with Crippen molar-refractivity contribution in [2.45, 2.75) is 25.8 Å². The van der Waals surface area contributed by atoms with Crippen LogP contribution in [0.1, 0.15) is 19.8 Å². The topological polar surface area (TPSA) is 50.7 Å². The number of ether oxygens (including phenoxy) is 2. The van der Waals surface area contributed by atoms with Gasteiger partial charge < -0.3 is 19.9 Å². The number of aliphatic hydroxyl groups excluding tert-OH is 1. The molecule has 0 aliphatic rings. The van der Waals surface area contributed by atoms with Crippen LogP contribution in [0.5, 0.6) is 0 Å². The van der Waals surface area contributed by atoms with E-state index in [0.29, 0.717) is 19.8 Å². The van der Waals surface area contributed by atoms with Crippen molar-refractivity contribution in [1.29, 1.82) is 0 Å². The molecular formula is C10H23NO3. The van der Waals surface area contributed by atoms with Gasteiger partial charge in [0.05, 0.1) is 32.5 Å². The lowest BCUT2D eigenvalue weighted by molar-refractivity contribution is 0.0321. The maximum absolute atomic E-state index is 8.82. The number of hydrogen-bond donors (Lipinski definition) is 2. The zero-order chi connectivity index (χ0) is 10.6. The molecule has 0 bridgehead atoms. The van der Waals surface area contributed by atoms with Gasteiger partial charge in [-0.05, 0) is 13.5 Å². The molecule has 0 heterocycles. The van der Waals surface area contributed by atoms with E-state index < -0.39 is 0 Å². The molecule has 0 fully saturated rings. The van der Waals surface area contributed by atoms with E-state index in [-0.39, 0.29) is 12.6 Å². The average Bonchev–Trinajstić information content (AvgIpc) is 2.22. The first-order valence-electron chi connectivity index (χ1n) is 5.28. The van der Waals surface area contributed by atoms with Gasteiger partial charge in [0.25, 0.3) is 0 Å². The molecule has 2 N–H and O–H groups in total. The number of likely N-dealkylation sites (N-methyl/N-ethyl adjacent to an activating group) is 1. The molecule has 0 aromatic carbocycles. The van der Waals surface area contributed by atoms with Crippen molar-refractivity contribution < 1.29 is 14.6 Å². The molecule has 0 rings (SSSR count). The van der Waals surface area contributed by atoms with Gasteiger partial charge in [-0.1, -0.05) is 13.3 Å². The molecule has 0 radical (unpaired) electrons. The summed E-state index contributed by atoms with van der Waals surface area (Å²) in [7, 11) is 1.81. The maximum atomic E-state index is 8.82. The Labute approximate surface area is 86.6 Å². The lowest BCUT2D eigenvalue weighted by Crippen LogP contribution is -2.34. The second kappa shape index (κ2) is 10.9. The van der Waals surface area contributed by atoms with Gasteiger partial charge in [-0.25, -0.2) is 0 Å². The Bertz CT molecular complexity index is 108. The van der Waals surface area contributed by atoms with Crippen molar-refractivity contribution in [2.75, 3.05) is 40.1 Å². The maximum Gasteiger partial charge on any atom is 0.0701 e. The van der Waals surface area contributed by atoms with E-state index in [9.17, 15) is 0 Å². The fourth-order valence-corrected chi connectivity index (χ4v) is 0.919. The average molecular weight is 205 g/mol. The highest BCUT2D eigenvalue weighted by atomic mass is 16.5. The number of nitrogens with one attached hydrogen (secondary N) is 1. The molecule has 86 valence electrons. The number of rotatable bonds is 10. The van der Waals surface area contributed by atoms with Crippen molar-refractivity contribution in [3.63, 3.8) is 0 Å².